The number of halogens is 2. The molecule has 0 aromatic heterocycles. The molecule has 0 unspecified atom stereocenters. The molecule has 0 aliphatic heterocycles. The lowest BCUT2D eigenvalue weighted by molar-refractivity contribution is -0.305. The molecule has 0 aromatic carbocycles. The van der Waals surface area contributed by atoms with Gasteiger partial charge in [-0.15, -0.1) is 11.6 Å². The molecule has 0 amide bonds. The van der Waals surface area contributed by atoms with E-state index >= 15 is 0 Å². The van der Waals surface area contributed by atoms with Gasteiger partial charge in [-0.2, -0.15) is 0 Å². The molecule has 0 aliphatic carbocycles. The largest absolute Gasteiger partial charge is 0.329 e. The van der Waals surface area contributed by atoms with Crippen LogP contribution in [0.1, 0.15) is 0 Å². The van der Waals surface area contributed by atoms with Crippen LogP contribution >= 0.6 is 23.5 Å². The van der Waals surface area contributed by atoms with E-state index in [0.29, 0.717) is 0 Å². The molecule has 0 bridgehead atoms. The van der Waals surface area contributed by atoms with E-state index in [1.54, 1.807) is 0 Å². The van der Waals surface area contributed by atoms with Gasteiger partial charge in [-0.3, -0.25) is 0 Å². The van der Waals surface area contributed by atoms with E-state index in [-0.39, 0.29) is 5.88 Å². The topological polar surface area (TPSA) is 27.7 Å². The van der Waals surface area contributed by atoms with Gasteiger partial charge >= 0.3 is 5.97 Å². The second kappa shape index (κ2) is 4.30. The summed E-state index contributed by atoms with van der Waals surface area (Å²) in [4.78, 5) is 0. The van der Waals surface area contributed by atoms with Crippen LogP contribution in [0, 0.1) is 0 Å². The van der Waals surface area contributed by atoms with Crippen LogP contribution in [0.5, 0.6) is 0 Å². The summed E-state index contributed by atoms with van der Waals surface area (Å²) < 4.78 is 13.6. The van der Waals surface area contributed by atoms with E-state index in [9.17, 15) is 0 Å². The van der Waals surface area contributed by atoms with Crippen molar-refractivity contribution in [2.24, 2.45) is 0 Å². The zero-order valence-corrected chi connectivity index (χ0v) is 6.70. The first-order chi connectivity index (χ1) is 4.24. The van der Waals surface area contributed by atoms with Crippen LogP contribution in [-0.4, -0.2) is 26.1 Å². The highest BCUT2D eigenvalue weighted by molar-refractivity contribution is 6.18. The average Bonchev–Trinajstić information content (AvgIpc) is 1.95. The summed E-state index contributed by atoms with van der Waals surface area (Å²) >= 11 is 10.4. The maximum atomic E-state index is 5.37. The first-order valence-electron chi connectivity index (χ1n) is 2.20. The SMILES string of the molecule is COC(CCl)(OC)OCl. The van der Waals surface area contributed by atoms with Gasteiger partial charge < -0.3 is 9.47 Å². The van der Waals surface area contributed by atoms with E-state index < -0.39 is 5.97 Å². The predicted octanol–water partition coefficient (Wildman–Crippen LogP) is 1.34. The van der Waals surface area contributed by atoms with Gasteiger partial charge in [0.15, 0.2) is 0 Å². The van der Waals surface area contributed by atoms with Crippen molar-refractivity contribution >= 4 is 23.5 Å². The van der Waals surface area contributed by atoms with Crippen molar-refractivity contribution in [1.82, 2.24) is 0 Å². The van der Waals surface area contributed by atoms with Gasteiger partial charge in [0.1, 0.15) is 5.88 Å². The van der Waals surface area contributed by atoms with E-state index in [4.69, 9.17) is 23.5 Å². The Hall–Kier alpha value is 0.460. The van der Waals surface area contributed by atoms with Crippen molar-refractivity contribution in [1.29, 1.82) is 0 Å². The summed E-state index contributed by atoms with van der Waals surface area (Å²) in [6.45, 7) is 0. The van der Waals surface area contributed by atoms with Crippen LogP contribution in [0.4, 0.5) is 0 Å². The van der Waals surface area contributed by atoms with Gasteiger partial charge in [0, 0.05) is 14.2 Å². The predicted molar refractivity (Wildman–Crippen MR) is 34.4 cm³/mol. The summed E-state index contributed by atoms with van der Waals surface area (Å²) in [5.41, 5.74) is 0. The molecule has 0 fully saturated rings. The monoisotopic (exact) mass is 174 g/mol. The maximum absolute atomic E-state index is 5.37. The normalized spacial score (nSPS) is 12.0. The Labute approximate surface area is 64.0 Å². The quantitative estimate of drug-likeness (QED) is 0.476. The lowest BCUT2D eigenvalue weighted by Crippen LogP contribution is -2.36. The van der Waals surface area contributed by atoms with Gasteiger partial charge in [0.25, 0.3) is 0 Å². The van der Waals surface area contributed by atoms with Crippen LogP contribution in [0.15, 0.2) is 0 Å². The molecule has 0 N–H and O–H groups in total. The summed E-state index contributed by atoms with van der Waals surface area (Å²) in [6.07, 6.45) is 0. The molecule has 0 heterocycles. The number of ether oxygens (including phenoxy) is 2. The second-order valence-corrected chi connectivity index (χ2v) is 1.72. The lowest BCUT2D eigenvalue weighted by Gasteiger charge is -2.23. The van der Waals surface area contributed by atoms with E-state index in [1.807, 2.05) is 0 Å². The molecule has 0 saturated carbocycles. The van der Waals surface area contributed by atoms with Gasteiger partial charge in [0.2, 0.25) is 0 Å². The number of alkyl halides is 1. The molecule has 0 rings (SSSR count). The minimum Gasteiger partial charge on any atom is -0.329 e. The zero-order valence-electron chi connectivity index (χ0n) is 5.19. The smallest absolute Gasteiger partial charge is 0.313 e. The molecule has 5 heteroatoms. The Balaban J connectivity index is 3.82. The molecule has 3 nitrogen and oxygen atoms in total. The Morgan fingerprint density at radius 3 is 1.78 bits per heavy atom. The molecule has 9 heavy (non-hydrogen) atoms. The molecule has 0 radical (unpaired) electrons. The Morgan fingerprint density at radius 2 is 1.78 bits per heavy atom. The molecule has 0 spiro atoms. The van der Waals surface area contributed by atoms with Gasteiger partial charge in [0.05, 0.1) is 11.9 Å². The number of hydrogen-bond donors (Lipinski definition) is 0. The minimum atomic E-state index is -1.30. The fraction of sp³-hybridized carbons (Fsp3) is 1.00. The van der Waals surface area contributed by atoms with Crippen LogP contribution in [0.2, 0.25) is 0 Å². The highest BCUT2D eigenvalue weighted by Gasteiger charge is 2.29. The standard InChI is InChI=1S/C4H8Cl2O3/c1-7-4(3-5,8-2)9-6/h3H2,1-2H3. The van der Waals surface area contributed by atoms with Crippen LogP contribution in [0.3, 0.4) is 0 Å². The van der Waals surface area contributed by atoms with Crippen LogP contribution in [0.25, 0.3) is 0 Å². The van der Waals surface area contributed by atoms with Gasteiger partial charge in [-0.05, 0) is 0 Å². The zero-order chi connectivity index (χ0) is 7.33. The van der Waals surface area contributed by atoms with Crippen LogP contribution in [-0.2, 0) is 13.8 Å². The first-order valence-corrected chi connectivity index (χ1v) is 3.05. The first kappa shape index (κ1) is 9.46. The van der Waals surface area contributed by atoms with E-state index in [0.717, 1.165) is 0 Å². The molecule has 0 atom stereocenters. The van der Waals surface area contributed by atoms with Crippen molar-refractivity contribution in [3.8, 4) is 0 Å². The van der Waals surface area contributed by atoms with Crippen molar-refractivity contribution in [2.45, 2.75) is 5.97 Å². The van der Waals surface area contributed by atoms with Crippen LogP contribution < -0.4 is 0 Å². The van der Waals surface area contributed by atoms with Crippen molar-refractivity contribution in [2.75, 3.05) is 20.1 Å². The fourth-order valence-electron chi connectivity index (χ4n) is 0.276. The van der Waals surface area contributed by atoms with Crippen molar-refractivity contribution < 1.29 is 13.8 Å². The number of rotatable bonds is 4. The van der Waals surface area contributed by atoms with Gasteiger partial charge in [-0.1, -0.05) is 0 Å². The fourth-order valence-corrected chi connectivity index (χ4v) is 0.785. The summed E-state index contributed by atoms with van der Waals surface area (Å²) in [5, 5.41) is 0. The summed E-state index contributed by atoms with van der Waals surface area (Å²) in [6, 6.07) is 0. The molecular formula is C4H8Cl2O3. The van der Waals surface area contributed by atoms with E-state index in [2.05, 4.69) is 13.8 Å². The average molecular weight is 175 g/mol. The third-order valence-electron chi connectivity index (χ3n) is 0.903. The summed E-state index contributed by atoms with van der Waals surface area (Å²) in [7, 11) is 2.77. The highest BCUT2D eigenvalue weighted by Crippen LogP contribution is 2.16. The van der Waals surface area contributed by atoms with Crippen molar-refractivity contribution in [3.05, 3.63) is 0 Å². The number of hydrogen-bond acceptors (Lipinski definition) is 3. The third kappa shape index (κ3) is 2.27. The molecule has 0 aromatic rings. The third-order valence-corrected chi connectivity index (χ3v) is 1.47. The summed E-state index contributed by atoms with van der Waals surface area (Å²) in [5.74, 6) is -1.29. The molecule has 0 saturated heterocycles. The van der Waals surface area contributed by atoms with Gasteiger partial charge in [-0.25, -0.2) is 4.29 Å². The minimum absolute atomic E-state index is 0.0174. The molecule has 56 valence electrons. The Bertz CT molecular complexity index is 56.7. The maximum Gasteiger partial charge on any atom is 0.313 e. The molecule has 0 aliphatic rings. The van der Waals surface area contributed by atoms with Crippen molar-refractivity contribution in [3.63, 3.8) is 0 Å². The Kier molecular flexibility index (Phi) is 4.52. The van der Waals surface area contributed by atoms with E-state index in [1.165, 1.54) is 14.2 Å². The lowest BCUT2D eigenvalue weighted by atomic mass is 10.6. The number of methoxy groups -OCH3 is 2. The molecular weight excluding hydrogens is 167 g/mol. The highest BCUT2D eigenvalue weighted by atomic mass is 35.5. The Morgan fingerprint density at radius 1 is 1.33 bits per heavy atom. The second-order valence-electron chi connectivity index (χ2n) is 1.30.